The average molecular weight is 1140 g/mol. The maximum Gasteiger partial charge on any atom is 0.306 e. The fraction of sp³-hybridized carbons (Fsp3) is 0.907. The molecule has 6 nitrogen and oxygen atoms in total. The summed E-state index contributed by atoms with van der Waals surface area (Å²) in [4.78, 5) is 38.3. The molecule has 1 unspecified atom stereocenters. The number of ether oxygens (including phenoxy) is 3. The number of esters is 3. The predicted octanol–water partition coefficient (Wildman–Crippen LogP) is 25.3. The predicted molar refractivity (Wildman–Crippen MR) is 353 cm³/mol. The minimum atomic E-state index is -0.767. The van der Waals surface area contributed by atoms with Crippen molar-refractivity contribution in [3.63, 3.8) is 0 Å². The van der Waals surface area contributed by atoms with E-state index in [9.17, 15) is 14.4 Å². The van der Waals surface area contributed by atoms with E-state index in [-0.39, 0.29) is 31.1 Å². The van der Waals surface area contributed by atoms with E-state index in [1.807, 2.05) is 0 Å². The molecule has 0 fully saturated rings. The molecule has 0 aromatic heterocycles. The van der Waals surface area contributed by atoms with Crippen LogP contribution in [0.5, 0.6) is 0 Å². The first kappa shape index (κ1) is 78.9. The van der Waals surface area contributed by atoms with Gasteiger partial charge in [-0.25, -0.2) is 0 Å². The summed E-state index contributed by atoms with van der Waals surface area (Å²) < 4.78 is 17.0. The zero-order valence-corrected chi connectivity index (χ0v) is 55.1. The number of carbonyl (C=O) groups is 3. The number of unbranched alkanes of at least 4 members (excludes halogenated alkanes) is 54. The fourth-order valence-electron chi connectivity index (χ4n) is 11.4. The Labute approximate surface area is 506 Å². The van der Waals surface area contributed by atoms with Gasteiger partial charge in [0.05, 0.1) is 0 Å². The van der Waals surface area contributed by atoms with E-state index in [0.717, 1.165) is 57.8 Å². The third kappa shape index (κ3) is 68.6. The van der Waals surface area contributed by atoms with E-state index in [0.29, 0.717) is 19.3 Å². The second-order valence-corrected chi connectivity index (χ2v) is 25.2. The molecular weight excluding hydrogens is 997 g/mol. The van der Waals surface area contributed by atoms with Gasteiger partial charge < -0.3 is 14.2 Å². The van der Waals surface area contributed by atoms with Crippen LogP contribution < -0.4 is 0 Å². The fourth-order valence-corrected chi connectivity index (χ4v) is 11.4. The average Bonchev–Trinajstić information content (AvgIpc) is 3.47. The lowest BCUT2D eigenvalue weighted by molar-refractivity contribution is -0.167. The first-order valence-corrected chi connectivity index (χ1v) is 36.8. The van der Waals surface area contributed by atoms with Crippen LogP contribution in [-0.4, -0.2) is 37.2 Å². The maximum absolute atomic E-state index is 12.9. The van der Waals surface area contributed by atoms with Gasteiger partial charge in [0.2, 0.25) is 0 Å². The number of hydrogen-bond acceptors (Lipinski definition) is 6. The summed E-state index contributed by atoms with van der Waals surface area (Å²) >= 11 is 0. The van der Waals surface area contributed by atoms with Gasteiger partial charge in [-0.3, -0.25) is 14.4 Å². The van der Waals surface area contributed by atoms with Crippen LogP contribution in [0.1, 0.15) is 419 Å². The van der Waals surface area contributed by atoms with Crippen molar-refractivity contribution in [2.24, 2.45) is 0 Å². The molecule has 0 aromatic rings. The molecule has 0 saturated carbocycles. The van der Waals surface area contributed by atoms with Crippen molar-refractivity contribution in [2.75, 3.05) is 13.2 Å². The topological polar surface area (TPSA) is 78.9 Å². The zero-order chi connectivity index (χ0) is 58.5. The molecule has 0 spiro atoms. The molecule has 0 aromatic carbocycles. The van der Waals surface area contributed by atoms with Gasteiger partial charge in [0, 0.05) is 19.3 Å². The van der Waals surface area contributed by atoms with Crippen LogP contribution in [0.3, 0.4) is 0 Å². The van der Waals surface area contributed by atoms with Crippen LogP contribution >= 0.6 is 0 Å². The lowest BCUT2D eigenvalue weighted by Crippen LogP contribution is -2.30. The van der Waals surface area contributed by atoms with Crippen molar-refractivity contribution in [1.82, 2.24) is 0 Å². The smallest absolute Gasteiger partial charge is 0.306 e. The summed E-state index contributed by atoms with van der Waals surface area (Å²) in [6, 6.07) is 0. The maximum atomic E-state index is 12.9. The molecule has 0 radical (unpaired) electrons. The summed E-state index contributed by atoms with van der Waals surface area (Å²) in [5.74, 6) is -0.836. The molecule has 0 N–H and O–H groups in total. The summed E-state index contributed by atoms with van der Waals surface area (Å²) in [7, 11) is 0. The molecule has 6 heteroatoms. The highest BCUT2D eigenvalue weighted by Crippen LogP contribution is 2.19. The number of rotatable bonds is 69. The summed E-state index contributed by atoms with van der Waals surface area (Å²) in [6.45, 7) is 6.70. The molecule has 81 heavy (non-hydrogen) atoms. The first-order valence-electron chi connectivity index (χ1n) is 36.8. The molecule has 478 valence electrons. The zero-order valence-electron chi connectivity index (χ0n) is 55.1. The molecular formula is C75H142O6. The van der Waals surface area contributed by atoms with Gasteiger partial charge in [-0.15, -0.1) is 0 Å². The molecule has 0 heterocycles. The van der Waals surface area contributed by atoms with Crippen molar-refractivity contribution < 1.29 is 28.6 Å². The summed E-state index contributed by atoms with van der Waals surface area (Å²) in [5.41, 5.74) is 0. The van der Waals surface area contributed by atoms with Crippen LogP contribution in [-0.2, 0) is 28.6 Å². The van der Waals surface area contributed by atoms with E-state index < -0.39 is 6.10 Å². The van der Waals surface area contributed by atoms with Gasteiger partial charge in [-0.1, -0.05) is 353 Å². The van der Waals surface area contributed by atoms with Gasteiger partial charge in [0.1, 0.15) is 13.2 Å². The van der Waals surface area contributed by atoms with Gasteiger partial charge in [-0.2, -0.15) is 0 Å². The van der Waals surface area contributed by atoms with Gasteiger partial charge >= 0.3 is 17.9 Å². The number of carbonyl (C=O) groups excluding carboxylic acids is 3. The highest BCUT2D eigenvalue weighted by atomic mass is 16.6. The van der Waals surface area contributed by atoms with Crippen LogP contribution in [0, 0.1) is 0 Å². The summed E-state index contributed by atoms with van der Waals surface area (Å²) in [6.07, 6.45) is 86.7. The minimum absolute atomic E-state index is 0.0647. The van der Waals surface area contributed by atoms with Crippen molar-refractivity contribution >= 4 is 17.9 Å². The first-order chi connectivity index (χ1) is 40.0. The van der Waals surface area contributed by atoms with Crippen molar-refractivity contribution in [1.29, 1.82) is 0 Å². The van der Waals surface area contributed by atoms with E-state index >= 15 is 0 Å². The van der Waals surface area contributed by atoms with E-state index in [1.165, 1.54) is 321 Å². The Kier molecular flexibility index (Phi) is 68.5. The Bertz CT molecular complexity index is 1310. The van der Waals surface area contributed by atoms with Gasteiger partial charge in [-0.05, 0) is 70.6 Å². The highest BCUT2D eigenvalue weighted by molar-refractivity contribution is 5.71. The second kappa shape index (κ2) is 70.4. The van der Waals surface area contributed by atoms with Crippen molar-refractivity contribution in [3.8, 4) is 0 Å². The molecule has 1 atom stereocenters. The second-order valence-electron chi connectivity index (χ2n) is 25.2. The van der Waals surface area contributed by atoms with Crippen molar-refractivity contribution in [2.45, 2.75) is 425 Å². The van der Waals surface area contributed by atoms with Gasteiger partial charge in [0.15, 0.2) is 6.10 Å². The van der Waals surface area contributed by atoms with Crippen LogP contribution in [0.15, 0.2) is 24.3 Å². The SMILES string of the molecule is CCCCCCCCCC/C=C\CCCCCCCCCCCCCCCCCC(=O)OCC(COC(=O)CCCCCCCCCCC)OC(=O)CCCCCCCCCCCCCCCCC/C=C\CCCCCCCCCC. The molecule has 0 bridgehead atoms. The van der Waals surface area contributed by atoms with E-state index in [2.05, 4.69) is 45.1 Å². The third-order valence-electron chi connectivity index (χ3n) is 16.9. The molecule has 0 saturated heterocycles. The van der Waals surface area contributed by atoms with Crippen LogP contribution in [0.4, 0.5) is 0 Å². The van der Waals surface area contributed by atoms with E-state index in [4.69, 9.17) is 14.2 Å². The highest BCUT2D eigenvalue weighted by Gasteiger charge is 2.20. The minimum Gasteiger partial charge on any atom is -0.462 e. The molecule has 0 amide bonds. The molecule has 0 aliphatic carbocycles. The Balaban J connectivity index is 4.08. The Morgan fingerprint density at radius 1 is 0.235 bits per heavy atom. The quantitative estimate of drug-likeness (QED) is 0.0261. The van der Waals surface area contributed by atoms with Crippen LogP contribution in [0.25, 0.3) is 0 Å². The Morgan fingerprint density at radius 2 is 0.407 bits per heavy atom. The Hall–Kier alpha value is -2.11. The van der Waals surface area contributed by atoms with E-state index in [1.54, 1.807) is 0 Å². The van der Waals surface area contributed by atoms with Crippen LogP contribution in [0.2, 0.25) is 0 Å². The number of allylic oxidation sites excluding steroid dienone is 4. The molecule has 0 aliphatic rings. The Morgan fingerprint density at radius 3 is 0.617 bits per heavy atom. The summed E-state index contributed by atoms with van der Waals surface area (Å²) in [5, 5.41) is 0. The largest absolute Gasteiger partial charge is 0.462 e. The normalized spacial score (nSPS) is 12.1. The lowest BCUT2D eigenvalue weighted by atomic mass is 10.0. The lowest BCUT2D eigenvalue weighted by Gasteiger charge is -2.18. The van der Waals surface area contributed by atoms with Crippen molar-refractivity contribution in [3.05, 3.63) is 24.3 Å². The standard InChI is InChI=1S/C75H142O6/c1-4-7-10-13-16-19-21-23-25-27-29-31-33-35-37-39-41-43-45-47-49-51-53-56-59-62-65-68-74(77)80-71-72(70-79-73(76)67-64-61-58-55-18-15-12-9-6-3)81-75(78)69-66-63-60-57-54-52-50-48-46-44-42-40-38-36-34-32-30-28-26-24-22-20-17-14-11-8-5-2/h27-30,72H,4-26,31-71H2,1-3H3/b29-27-,30-28-. The monoisotopic (exact) mass is 1140 g/mol. The number of hydrogen-bond donors (Lipinski definition) is 0. The molecule has 0 aliphatic heterocycles. The third-order valence-corrected chi connectivity index (χ3v) is 16.9. The molecule has 0 rings (SSSR count). The van der Waals surface area contributed by atoms with Gasteiger partial charge in [0.25, 0.3) is 0 Å².